The third-order valence-corrected chi connectivity index (χ3v) is 9.14. The summed E-state index contributed by atoms with van der Waals surface area (Å²) in [4.78, 5) is 14.5. The fourth-order valence-corrected chi connectivity index (χ4v) is 6.49. The predicted octanol–water partition coefficient (Wildman–Crippen LogP) is 4.29. The lowest BCUT2D eigenvalue weighted by Crippen LogP contribution is -2.33. The first-order valence-electron chi connectivity index (χ1n) is 16.1. The zero-order valence-corrected chi connectivity index (χ0v) is 25.7. The number of benzene rings is 2. The number of nitrogens with one attached hydrogen (secondary N) is 2. The van der Waals surface area contributed by atoms with Crippen molar-refractivity contribution >= 4 is 22.9 Å². The number of aromatic nitrogens is 5. The van der Waals surface area contributed by atoms with E-state index in [9.17, 15) is 10.2 Å². The van der Waals surface area contributed by atoms with Crippen LogP contribution in [0.2, 0.25) is 0 Å². The Morgan fingerprint density at radius 3 is 2.30 bits per heavy atom. The Bertz CT molecular complexity index is 1700. The van der Waals surface area contributed by atoms with Crippen molar-refractivity contribution in [1.82, 2.24) is 24.7 Å². The van der Waals surface area contributed by atoms with Crippen molar-refractivity contribution in [3.8, 4) is 0 Å². The summed E-state index contributed by atoms with van der Waals surface area (Å²) < 4.78 is 13.3. The van der Waals surface area contributed by atoms with E-state index in [0.717, 1.165) is 31.4 Å². The number of nitrogens with two attached hydrogens (primary N) is 1. The zero-order chi connectivity index (χ0) is 31.6. The number of nitrogens with zero attached hydrogens (tertiary/aromatic N) is 5. The van der Waals surface area contributed by atoms with Crippen LogP contribution in [-0.2, 0) is 11.2 Å². The van der Waals surface area contributed by atoms with Crippen LogP contribution in [-0.4, -0.2) is 65.7 Å². The lowest BCUT2D eigenvalue weighted by Gasteiger charge is -2.27. The molecule has 0 amide bonds. The van der Waals surface area contributed by atoms with E-state index in [4.69, 9.17) is 25.0 Å². The average molecular weight is 625 g/mol. The van der Waals surface area contributed by atoms with E-state index in [1.807, 2.05) is 43.3 Å². The molecule has 7 rings (SSSR count). The molecule has 0 unspecified atom stereocenters. The van der Waals surface area contributed by atoms with E-state index < -0.39 is 24.5 Å². The molecule has 4 atom stereocenters. The highest BCUT2D eigenvalue weighted by atomic mass is 16.6. The van der Waals surface area contributed by atoms with Crippen LogP contribution in [0.15, 0.2) is 77.6 Å². The number of hydrogen-bond donors (Lipinski definition) is 5. The summed E-state index contributed by atoms with van der Waals surface area (Å²) in [6.07, 6.45) is 1.59. The second-order valence-corrected chi connectivity index (χ2v) is 12.2. The van der Waals surface area contributed by atoms with Crippen LogP contribution in [0.4, 0.5) is 11.8 Å². The second kappa shape index (κ2) is 13.2. The molecule has 1 saturated heterocycles. The van der Waals surface area contributed by atoms with Crippen LogP contribution in [0.25, 0.3) is 11.2 Å². The molecule has 2 aliphatic rings. The van der Waals surface area contributed by atoms with Gasteiger partial charge in [-0.05, 0) is 43.2 Å². The van der Waals surface area contributed by atoms with Crippen molar-refractivity contribution < 1.29 is 19.5 Å². The van der Waals surface area contributed by atoms with Gasteiger partial charge in [-0.2, -0.15) is 9.97 Å². The summed E-state index contributed by atoms with van der Waals surface area (Å²) in [6, 6.07) is 22.9. The number of aryl methyl sites for hydroxylation is 1. The molecule has 0 radical (unpaired) electrons. The quantitative estimate of drug-likeness (QED) is 0.150. The van der Waals surface area contributed by atoms with E-state index in [2.05, 4.69) is 45.0 Å². The number of fused-ring (bicyclic) bond motifs is 1. The fraction of sp³-hybridized carbons (Fsp3) is 0.412. The predicted molar refractivity (Wildman–Crippen MR) is 173 cm³/mol. The van der Waals surface area contributed by atoms with Gasteiger partial charge in [0.2, 0.25) is 5.95 Å². The summed E-state index contributed by atoms with van der Waals surface area (Å²) in [6.45, 7) is 2.52. The second-order valence-electron chi connectivity index (χ2n) is 12.2. The first-order chi connectivity index (χ1) is 22.5. The Kier molecular flexibility index (Phi) is 8.67. The Morgan fingerprint density at radius 2 is 1.65 bits per heavy atom. The van der Waals surface area contributed by atoms with Gasteiger partial charge in [0, 0.05) is 30.6 Å². The number of anilines is 2. The number of aliphatic hydroxyl groups excluding tert-OH is 2. The normalized spacial score (nSPS) is 24.9. The maximum absolute atomic E-state index is 11.2. The van der Waals surface area contributed by atoms with Crippen molar-refractivity contribution in [1.29, 1.82) is 0 Å². The van der Waals surface area contributed by atoms with Crippen molar-refractivity contribution in [2.45, 2.75) is 81.6 Å². The minimum Gasteiger partial charge on any atom is -0.387 e. The van der Waals surface area contributed by atoms with Gasteiger partial charge in [-0.25, -0.2) is 4.98 Å². The van der Waals surface area contributed by atoms with Gasteiger partial charge in [0.15, 0.2) is 29.0 Å². The maximum atomic E-state index is 11.2. The lowest BCUT2D eigenvalue weighted by atomic mass is 9.91. The molecule has 3 aromatic heterocycles. The van der Waals surface area contributed by atoms with E-state index in [-0.39, 0.29) is 18.0 Å². The number of imidazole rings is 1. The average Bonchev–Trinajstić information content (AvgIpc) is 3.81. The molecule has 0 spiro atoms. The number of hydrogen-bond acceptors (Lipinski definition) is 11. The highest BCUT2D eigenvalue weighted by molar-refractivity contribution is 5.84. The summed E-state index contributed by atoms with van der Waals surface area (Å²) in [5.41, 5.74) is 10.2. The molecule has 2 fully saturated rings. The third kappa shape index (κ3) is 6.08. The highest BCUT2D eigenvalue weighted by Crippen LogP contribution is 2.40. The summed E-state index contributed by atoms with van der Waals surface area (Å²) in [5, 5.41) is 33.3. The van der Waals surface area contributed by atoms with Gasteiger partial charge in [-0.1, -0.05) is 72.7 Å². The molecule has 2 aromatic carbocycles. The molecule has 12 nitrogen and oxygen atoms in total. The van der Waals surface area contributed by atoms with Gasteiger partial charge >= 0.3 is 0 Å². The number of aliphatic hydroxyl groups is 2. The largest absolute Gasteiger partial charge is 0.387 e. The summed E-state index contributed by atoms with van der Waals surface area (Å²) >= 11 is 0. The monoisotopic (exact) mass is 624 g/mol. The maximum Gasteiger partial charge on any atom is 0.227 e. The van der Waals surface area contributed by atoms with Gasteiger partial charge in [0.1, 0.15) is 18.3 Å². The van der Waals surface area contributed by atoms with Crippen LogP contribution < -0.4 is 16.4 Å². The number of rotatable bonds is 10. The topological polar surface area (TPSA) is 169 Å². The molecule has 6 N–H and O–H groups in total. The molecule has 1 aliphatic carbocycles. The fourth-order valence-electron chi connectivity index (χ4n) is 6.49. The van der Waals surface area contributed by atoms with E-state index >= 15 is 0 Å². The Balaban J connectivity index is 1.23. The standard InChI is InChI=1S/C34H40N8O4/c1-2-23-17-26(46-41-23)30-28(43)29(44)33(45-30)42-19-37-27-31(39-34(40-32(27)42)38-24-15-13-22(35)14-16-24)36-18-25(20-9-5-3-6-10-20)21-11-7-4-8-12-21/h3-12,17,19,22,24-25,28-30,33,43-44H,2,13-16,18,35H2,1H3,(H2,36,38,39,40)/t22?,24?,28-,29-,30+,33-/m1/s1. The van der Waals surface area contributed by atoms with Gasteiger partial charge in [0.25, 0.3) is 0 Å². The molecular weight excluding hydrogens is 584 g/mol. The SMILES string of the molecule is CCc1cc([C@@H]2O[C@@H](n3cnc4c(NCC(c5ccccc5)c5ccccc5)nc(NC5CCC(N)CC5)nc43)[C@H](O)[C@H]2O)on1. The Morgan fingerprint density at radius 1 is 0.957 bits per heavy atom. The lowest BCUT2D eigenvalue weighted by molar-refractivity contribution is -0.0434. The molecule has 1 saturated carbocycles. The van der Waals surface area contributed by atoms with Crippen molar-refractivity contribution in [2.24, 2.45) is 5.73 Å². The van der Waals surface area contributed by atoms with Crippen LogP contribution in [0, 0.1) is 0 Å². The van der Waals surface area contributed by atoms with Gasteiger partial charge in [-0.15, -0.1) is 0 Å². The van der Waals surface area contributed by atoms with Crippen LogP contribution >= 0.6 is 0 Å². The van der Waals surface area contributed by atoms with Crippen molar-refractivity contribution in [2.75, 3.05) is 17.2 Å². The van der Waals surface area contributed by atoms with Crippen LogP contribution in [0.3, 0.4) is 0 Å². The Labute approximate surface area is 267 Å². The Hall–Kier alpha value is -4.36. The van der Waals surface area contributed by atoms with E-state index in [0.29, 0.717) is 41.7 Å². The van der Waals surface area contributed by atoms with Crippen LogP contribution in [0.5, 0.6) is 0 Å². The number of ether oxygens (including phenoxy) is 1. The molecule has 4 heterocycles. The molecule has 1 aliphatic heterocycles. The summed E-state index contributed by atoms with van der Waals surface area (Å²) in [7, 11) is 0. The molecule has 46 heavy (non-hydrogen) atoms. The van der Waals surface area contributed by atoms with E-state index in [1.165, 1.54) is 11.1 Å². The van der Waals surface area contributed by atoms with Gasteiger partial charge in [-0.3, -0.25) is 4.57 Å². The zero-order valence-electron chi connectivity index (χ0n) is 25.7. The smallest absolute Gasteiger partial charge is 0.227 e. The van der Waals surface area contributed by atoms with Crippen molar-refractivity contribution in [3.05, 3.63) is 95.6 Å². The van der Waals surface area contributed by atoms with Gasteiger partial charge in [0.05, 0.1) is 12.0 Å². The van der Waals surface area contributed by atoms with Crippen LogP contribution in [0.1, 0.15) is 73.4 Å². The minimum absolute atomic E-state index is 0.0524. The molecule has 240 valence electrons. The first-order valence-corrected chi connectivity index (χ1v) is 16.1. The molecule has 0 bridgehead atoms. The van der Waals surface area contributed by atoms with Crippen molar-refractivity contribution in [3.63, 3.8) is 0 Å². The minimum atomic E-state index is -1.26. The molecule has 5 aromatic rings. The molecule has 12 heteroatoms. The first kappa shape index (κ1) is 30.3. The third-order valence-electron chi connectivity index (χ3n) is 9.14. The van der Waals surface area contributed by atoms with E-state index in [1.54, 1.807) is 17.0 Å². The highest BCUT2D eigenvalue weighted by Gasteiger charge is 2.47. The van der Waals surface area contributed by atoms with Gasteiger partial charge < -0.3 is 35.8 Å². The summed E-state index contributed by atoms with van der Waals surface area (Å²) in [5.74, 6) is 1.42. The molecular formula is C34H40N8O4.